The highest BCUT2D eigenvalue weighted by molar-refractivity contribution is 5.68. The van der Waals surface area contributed by atoms with Crippen LogP contribution in [-0.2, 0) is 0 Å². The highest BCUT2D eigenvalue weighted by Crippen LogP contribution is 2.22. The van der Waals surface area contributed by atoms with Gasteiger partial charge in [0.1, 0.15) is 17.2 Å². The van der Waals surface area contributed by atoms with E-state index in [1.54, 1.807) is 23.3 Å². The summed E-state index contributed by atoms with van der Waals surface area (Å²) in [6.45, 7) is 5.39. The lowest BCUT2D eigenvalue weighted by Crippen LogP contribution is -2.47. The molecule has 0 aromatic carbocycles. The van der Waals surface area contributed by atoms with Crippen LogP contribution in [-0.4, -0.2) is 60.5 Å². The van der Waals surface area contributed by atoms with Crippen molar-refractivity contribution in [2.45, 2.75) is 6.92 Å². The fourth-order valence-corrected chi connectivity index (χ4v) is 3.45. The number of fused-ring (bicyclic) bond motifs is 1. The molecular formula is C18H19N9. The molecule has 0 spiro atoms. The lowest BCUT2D eigenvalue weighted by atomic mass is 10.3. The van der Waals surface area contributed by atoms with Crippen molar-refractivity contribution in [1.82, 2.24) is 34.3 Å². The molecule has 0 radical (unpaired) electrons. The van der Waals surface area contributed by atoms with E-state index in [9.17, 15) is 0 Å². The van der Waals surface area contributed by atoms with E-state index in [0.717, 1.165) is 55.0 Å². The maximum absolute atomic E-state index is 4.63. The number of nitrogens with zero attached hydrogens (tertiary/aromatic N) is 9. The number of hydrogen-bond acceptors (Lipinski definition) is 7. The van der Waals surface area contributed by atoms with Gasteiger partial charge in [0.05, 0.1) is 6.20 Å². The Kier molecular flexibility index (Phi) is 3.70. The fraction of sp³-hybridized carbons (Fsp3) is 0.278. The molecule has 136 valence electrons. The molecule has 4 aromatic rings. The van der Waals surface area contributed by atoms with E-state index in [4.69, 9.17) is 0 Å². The second-order valence-electron chi connectivity index (χ2n) is 6.47. The van der Waals surface area contributed by atoms with Crippen LogP contribution < -0.4 is 9.80 Å². The standard InChI is InChI=1S/C18H19N9/c1-14-22-16(13-17(23-14)27-7-2-4-20-27)24-9-11-25(12-10-24)18-15-3-5-21-26(15)8-6-19-18/h2-8,13H,9-12H2,1H3. The van der Waals surface area contributed by atoms with Crippen LogP contribution in [0.4, 0.5) is 11.6 Å². The van der Waals surface area contributed by atoms with Crippen molar-refractivity contribution in [3.8, 4) is 5.82 Å². The molecule has 9 heteroatoms. The molecule has 0 N–H and O–H groups in total. The Labute approximate surface area is 155 Å². The number of anilines is 2. The molecule has 9 nitrogen and oxygen atoms in total. The summed E-state index contributed by atoms with van der Waals surface area (Å²) in [5.74, 6) is 3.44. The summed E-state index contributed by atoms with van der Waals surface area (Å²) in [5, 5.41) is 8.57. The first kappa shape index (κ1) is 15.7. The van der Waals surface area contributed by atoms with Crippen molar-refractivity contribution in [3.05, 3.63) is 55.0 Å². The Morgan fingerprint density at radius 1 is 0.852 bits per heavy atom. The Morgan fingerprint density at radius 3 is 2.48 bits per heavy atom. The lowest BCUT2D eigenvalue weighted by molar-refractivity contribution is 0.639. The molecule has 1 aliphatic heterocycles. The summed E-state index contributed by atoms with van der Waals surface area (Å²) in [5.41, 5.74) is 1.03. The van der Waals surface area contributed by atoms with E-state index in [2.05, 4.69) is 34.9 Å². The zero-order valence-electron chi connectivity index (χ0n) is 15.0. The second-order valence-corrected chi connectivity index (χ2v) is 6.47. The highest BCUT2D eigenvalue weighted by atomic mass is 15.3. The Bertz CT molecular complexity index is 1060. The smallest absolute Gasteiger partial charge is 0.159 e. The lowest BCUT2D eigenvalue weighted by Gasteiger charge is -2.36. The molecule has 0 aliphatic carbocycles. The molecule has 1 aliphatic rings. The van der Waals surface area contributed by atoms with Crippen LogP contribution in [0.1, 0.15) is 5.82 Å². The summed E-state index contributed by atoms with van der Waals surface area (Å²) in [6.07, 6.45) is 9.11. The van der Waals surface area contributed by atoms with Gasteiger partial charge in [-0.15, -0.1) is 0 Å². The first-order valence-corrected chi connectivity index (χ1v) is 8.92. The van der Waals surface area contributed by atoms with E-state index < -0.39 is 0 Å². The maximum Gasteiger partial charge on any atom is 0.159 e. The minimum absolute atomic E-state index is 0.742. The van der Waals surface area contributed by atoms with E-state index >= 15 is 0 Å². The zero-order chi connectivity index (χ0) is 18.2. The van der Waals surface area contributed by atoms with Crippen molar-refractivity contribution >= 4 is 17.2 Å². The summed E-state index contributed by atoms with van der Waals surface area (Å²) in [7, 11) is 0. The fourth-order valence-electron chi connectivity index (χ4n) is 3.45. The third-order valence-corrected chi connectivity index (χ3v) is 4.76. The Morgan fingerprint density at radius 2 is 1.67 bits per heavy atom. The summed E-state index contributed by atoms with van der Waals surface area (Å²) >= 11 is 0. The van der Waals surface area contributed by atoms with Crippen LogP contribution in [0.2, 0.25) is 0 Å². The molecule has 0 atom stereocenters. The number of piperazine rings is 1. The quantitative estimate of drug-likeness (QED) is 0.545. The van der Waals surface area contributed by atoms with Crippen LogP contribution >= 0.6 is 0 Å². The zero-order valence-corrected chi connectivity index (χ0v) is 15.0. The second kappa shape index (κ2) is 6.35. The third-order valence-electron chi connectivity index (χ3n) is 4.76. The Balaban J connectivity index is 1.37. The van der Waals surface area contributed by atoms with Crippen molar-refractivity contribution in [2.75, 3.05) is 36.0 Å². The van der Waals surface area contributed by atoms with Crippen LogP contribution in [0.25, 0.3) is 11.3 Å². The molecule has 0 saturated carbocycles. The molecule has 5 heterocycles. The minimum atomic E-state index is 0.742. The molecule has 0 bridgehead atoms. The molecule has 1 fully saturated rings. The van der Waals surface area contributed by atoms with Crippen molar-refractivity contribution in [1.29, 1.82) is 0 Å². The summed E-state index contributed by atoms with van der Waals surface area (Å²) < 4.78 is 3.62. The van der Waals surface area contributed by atoms with Crippen LogP contribution in [0.15, 0.2) is 49.2 Å². The summed E-state index contributed by atoms with van der Waals surface area (Å²) in [6, 6.07) is 5.88. The SMILES string of the molecule is Cc1nc(N2CCN(c3nccn4nccc34)CC2)cc(-n2cccn2)n1. The molecule has 1 saturated heterocycles. The van der Waals surface area contributed by atoms with Gasteiger partial charge < -0.3 is 9.80 Å². The van der Waals surface area contributed by atoms with Gasteiger partial charge in [0.2, 0.25) is 0 Å². The van der Waals surface area contributed by atoms with Crippen molar-refractivity contribution < 1.29 is 0 Å². The number of aromatic nitrogens is 7. The van der Waals surface area contributed by atoms with Gasteiger partial charge in [-0.25, -0.2) is 24.1 Å². The van der Waals surface area contributed by atoms with Gasteiger partial charge >= 0.3 is 0 Å². The van der Waals surface area contributed by atoms with Crippen LogP contribution in [0.3, 0.4) is 0 Å². The van der Waals surface area contributed by atoms with E-state index in [0.29, 0.717) is 0 Å². The Hall–Kier alpha value is -3.49. The molecular weight excluding hydrogens is 342 g/mol. The summed E-state index contributed by atoms with van der Waals surface area (Å²) in [4.78, 5) is 18.3. The molecule has 0 amide bonds. The monoisotopic (exact) mass is 361 g/mol. The van der Waals surface area contributed by atoms with Gasteiger partial charge in [-0.05, 0) is 19.1 Å². The number of rotatable bonds is 3. The van der Waals surface area contributed by atoms with Gasteiger partial charge in [0, 0.05) is 57.0 Å². The van der Waals surface area contributed by atoms with Gasteiger partial charge in [-0.2, -0.15) is 10.2 Å². The highest BCUT2D eigenvalue weighted by Gasteiger charge is 2.21. The molecule has 27 heavy (non-hydrogen) atoms. The van der Waals surface area contributed by atoms with Crippen LogP contribution in [0.5, 0.6) is 0 Å². The van der Waals surface area contributed by atoms with Crippen molar-refractivity contribution in [2.24, 2.45) is 0 Å². The average Bonchev–Trinajstić information content (AvgIpc) is 3.39. The van der Waals surface area contributed by atoms with Gasteiger partial charge in [0.25, 0.3) is 0 Å². The predicted octanol–water partition coefficient (Wildman–Crippen LogP) is 1.34. The third kappa shape index (κ3) is 2.86. The number of aryl methyl sites for hydroxylation is 1. The largest absolute Gasteiger partial charge is 0.353 e. The average molecular weight is 361 g/mol. The first-order valence-electron chi connectivity index (χ1n) is 8.92. The number of hydrogen-bond donors (Lipinski definition) is 0. The maximum atomic E-state index is 4.63. The topological polar surface area (TPSA) is 80.3 Å². The normalized spacial score (nSPS) is 14.9. The molecule has 4 aromatic heterocycles. The van der Waals surface area contributed by atoms with Gasteiger partial charge in [0.15, 0.2) is 11.6 Å². The van der Waals surface area contributed by atoms with E-state index in [1.165, 1.54) is 0 Å². The molecule has 5 rings (SSSR count). The van der Waals surface area contributed by atoms with E-state index in [-0.39, 0.29) is 0 Å². The van der Waals surface area contributed by atoms with Gasteiger partial charge in [-0.1, -0.05) is 0 Å². The van der Waals surface area contributed by atoms with Gasteiger partial charge in [-0.3, -0.25) is 0 Å². The minimum Gasteiger partial charge on any atom is -0.353 e. The predicted molar refractivity (Wildman–Crippen MR) is 101 cm³/mol. The first-order chi connectivity index (χ1) is 13.3. The molecule has 0 unspecified atom stereocenters. The van der Waals surface area contributed by atoms with Crippen LogP contribution in [0, 0.1) is 6.92 Å². The van der Waals surface area contributed by atoms with E-state index in [1.807, 2.05) is 42.0 Å². The van der Waals surface area contributed by atoms with Crippen molar-refractivity contribution in [3.63, 3.8) is 0 Å².